The minimum Gasteiger partial charge on any atom is -0.343 e. The second kappa shape index (κ2) is 7.72. The molecule has 1 saturated carbocycles. The third kappa shape index (κ3) is 3.29. The van der Waals surface area contributed by atoms with Crippen LogP contribution in [0.5, 0.6) is 0 Å². The number of rotatable bonds is 5. The average molecular weight is 374 g/mol. The first-order chi connectivity index (χ1) is 13.6. The first-order valence-electron chi connectivity index (χ1n) is 9.99. The third-order valence-electron chi connectivity index (χ3n) is 6.20. The lowest BCUT2D eigenvalue weighted by Crippen LogP contribution is -2.53. The van der Waals surface area contributed by atoms with Gasteiger partial charge in [0, 0.05) is 17.1 Å². The van der Waals surface area contributed by atoms with Crippen molar-refractivity contribution in [2.75, 3.05) is 14.1 Å². The summed E-state index contributed by atoms with van der Waals surface area (Å²) in [6, 6.07) is 19.9. The van der Waals surface area contributed by atoms with Gasteiger partial charge >= 0.3 is 0 Å². The fourth-order valence-corrected chi connectivity index (χ4v) is 4.66. The van der Waals surface area contributed by atoms with E-state index in [9.17, 15) is 4.79 Å². The zero-order valence-electron chi connectivity index (χ0n) is 16.6. The van der Waals surface area contributed by atoms with Crippen LogP contribution < -0.4 is 5.32 Å². The monoisotopic (exact) mass is 373 g/mol. The molecule has 4 heteroatoms. The molecule has 2 aromatic carbocycles. The zero-order valence-corrected chi connectivity index (χ0v) is 16.6. The molecule has 1 aromatic heterocycles. The quantitative estimate of drug-likeness (QED) is 0.712. The summed E-state index contributed by atoms with van der Waals surface area (Å²) in [5.41, 5.74) is 2.61. The van der Waals surface area contributed by atoms with Crippen molar-refractivity contribution in [2.45, 2.75) is 37.3 Å². The molecule has 4 rings (SSSR count). The van der Waals surface area contributed by atoms with E-state index in [0.29, 0.717) is 5.56 Å². The van der Waals surface area contributed by atoms with Crippen LogP contribution in [0.2, 0.25) is 0 Å². The molecule has 0 aliphatic heterocycles. The molecule has 1 amide bonds. The molecule has 1 fully saturated rings. The second-order valence-corrected chi connectivity index (χ2v) is 7.90. The summed E-state index contributed by atoms with van der Waals surface area (Å²) in [6.45, 7) is 0. The molecule has 144 valence electrons. The number of pyridine rings is 1. The smallest absolute Gasteiger partial charge is 0.252 e. The first-order valence-corrected chi connectivity index (χ1v) is 9.99. The van der Waals surface area contributed by atoms with E-state index in [4.69, 9.17) is 0 Å². The van der Waals surface area contributed by atoms with Crippen LogP contribution in [0.4, 0.5) is 0 Å². The minimum atomic E-state index is -0.0696. The van der Waals surface area contributed by atoms with Gasteiger partial charge in [0.2, 0.25) is 0 Å². The van der Waals surface area contributed by atoms with Gasteiger partial charge in [-0.25, -0.2) is 0 Å². The fraction of sp³-hybridized carbons (Fsp3) is 0.333. The molecule has 4 nitrogen and oxygen atoms in total. The van der Waals surface area contributed by atoms with Gasteiger partial charge in [-0.2, -0.15) is 0 Å². The van der Waals surface area contributed by atoms with Gasteiger partial charge in [-0.3, -0.25) is 9.78 Å². The van der Waals surface area contributed by atoms with Crippen LogP contribution in [0.3, 0.4) is 0 Å². The highest BCUT2D eigenvalue weighted by atomic mass is 16.1. The van der Waals surface area contributed by atoms with Crippen molar-refractivity contribution in [3.63, 3.8) is 0 Å². The molecule has 0 saturated heterocycles. The van der Waals surface area contributed by atoms with Crippen molar-refractivity contribution in [1.29, 1.82) is 0 Å². The first kappa shape index (κ1) is 18.6. The van der Waals surface area contributed by atoms with Gasteiger partial charge in [0.1, 0.15) is 0 Å². The summed E-state index contributed by atoms with van der Waals surface area (Å²) in [5.74, 6) is -0.0411. The molecule has 1 heterocycles. The number of hydrogen-bond acceptors (Lipinski definition) is 3. The maximum absolute atomic E-state index is 13.4. The van der Waals surface area contributed by atoms with Gasteiger partial charge in [0.15, 0.2) is 0 Å². The highest BCUT2D eigenvalue weighted by molar-refractivity contribution is 6.06. The lowest BCUT2D eigenvalue weighted by Gasteiger charge is -2.44. The lowest BCUT2D eigenvalue weighted by atomic mass is 9.82. The van der Waals surface area contributed by atoms with Crippen molar-refractivity contribution < 1.29 is 4.79 Å². The number of hydrogen-bond donors (Lipinski definition) is 1. The number of benzene rings is 2. The van der Waals surface area contributed by atoms with Crippen molar-refractivity contribution in [2.24, 2.45) is 0 Å². The number of amides is 1. The van der Waals surface area contributed by atoms with Crippen LogP contribution in [0, 0.1) is 0 Å². The average Bonchev–Trinajstić information content (AvgIpc) is 3.23. The number of likely N-dealkylation sites (N-methyl/N-ethyl adjacent to an activating group) is 1. The predicted molar refractivity (Wildman–Crippen MR) is 113 cm³/mol. The Labute approximate surface area is 166 Å². The number of para-hydroxylation sites is 1. The van der Waals surface area contributed by atoms with Crippen LogP contribution in [0.1, 0.15) is 47.6 Å². The second-order valence-electron chi connectivity index (χ2n) is 7.90. The Morgan fingerprint density at radius 3 is 2.39 bits per heavy atom. The van der Waals surface area contributed by atoms with E-state index < -0.39 is 0 Å². The Bertz CT molecular complexity index is 957. The molecular formula is C24H27N3O. The molecule has 1 aliphatic rings. The number of fused-ring (bicyclic) bond motifs is 1. The summed E-state index contributed by atoms with van der Waals surface area (Å²) in [5, 5.41) is 4.29. The third-order valence-corrected chi connectivity index (χ3v) is 6.20. The van der Waals surface area contributed by atoms with E-state index in [1.807, 2.05) is 36.4 Å². The maximum Gasteiger partial charge on any atom is 0.252 e. The van der Waals surface area contributed by atoms with Crippen LogP contribution in [-0.2, 0) is 0 Å². The highest BCUT2D eigenvalue weighted by Crippen LogP contribution is 2.43. The Kier molecular flexibility index (Phi) is 5.14. The minimum absolute atomic E-state index is 0.0411. The van der Waals surface area contributed by atoms with Crippen LogP contribution in [-0.4, -0.2) is 35.4 Å². The van der Waals surface area contributed by atoms with Crippen LogP contribution >= 0.6 is 0 Å². The molecule has 0 bridgehead atoms. The van der Waals surface area contributed by atoms with E-state index in [1.54, 1.807) is 6.20 Å². The molecule has 1 aliphatic carbocycles. The van der Waals surface area contributed by atoms with E-state index >= 15 is 0 Å². The number of aromatic nitrogens is 1. The maximum atomic E-state index is 13.4. The number of nitrogens with zero attached hydrogens (tertiary/aromatic N) is 2. The summed E-state index contributed by atoms with van der Waals surface area (Å²) in [7, 11) is 4.27. The van der Waals surface area contributed by atoms with Crippen molar-refractivity contribution in [1.82, 2.24) is 15.2 Å². The molecule has 1 N–H and O–H groups in total. The molecule has 0 radical (unpaired) electrons. The Hall–Kier alpha value is -2.72. The molecule has 1 unspecified atom stereocenters. The van der Waals surface area contributed by atoms with Gasteiger partial charge < -0.3 is 10.2 Å². The summed E-state index contributed by atoms with van der Waals surface area (Å²) < 4.78 is 0. The van der Waals surface area contributed by atoms with E-state index in [1.165, 1.54) is 12.8 Å². The number of carbonyl (C=O) groups is 1. The summed E-state index contributed by atoms with van der Waals surface area (Å²) >= 11 is 0. The molecular weight excluding hydrogens is 346 g/mol. The Morgan fingerprint density at radius 2 is 1.68 bits per heavy atom. The highest BCUT2D eigenvalue weighted by Gasteiger charge is 2.44. The number of nitrogens with one attached hydrogen (secondary N) is 1. The predicted octanol–water partition coefficient (Wildman–Crippen LogP) is 4.58. The molecule has 1 atom stereocenters. The van der Waals surface area contributed by atoms with Gasteiger partial charge in [-0.1, -0.05) is 61.4 Å². The van der Waals surface area contributed by atoms with E-state index in [-0.39, 0.29) is 17.5 Å². The Morgan fingerprint density at radius 1 is 1.00 bits per heavy atom. The fourth-order valence-electron chi connectivity index (χ4n) is 4.66. The molecule has 28 heavy (non-hydrogen) atoms. The standard InChI is InChI=1S/C24H27N3O/c1-27(2)24(15-8-9-16-24)22(18-10-4-3-5-11-18)26-23(28)20-14-17-25-21-13-7-6-12-19(20)21/h3-7,10-14,17,22H,8-9,15-16H2,1-2H3,(H,26,28). The van der Waals surface area contributed by atoms with Crippen molar-refractivity contribution in [3.8, 4) is 0 Å². The largest absolute Gasteiger partial charge is 0.343 e. The van der Waals surface area contributed by atoms with Crippen LogP contribution in [0.15, 0.2) is 66.9 Å². The molecule has 3 aromatic rings. The lowest BCUT2D eigenvalue weighted by molar-refractivity contribution is 0.0767. The van der Waals surface area contributed by atoms with Crippen molar-refractivity contribution >= 4 is 16.8 Å². The van der Waals surface area contributed by atoms with Crippen molar-refractivity contribution in [3.05, 3.63) is 78.0 Å². The summed E-state index contributed by atoms with van der Waals surface area (Å²) in [4.78, 5) is 20.1. The van der Waals surface area contributed by atoms with E-state index in [0.717, 1.165) is 29.3 Å². The van der Waals surface area contributed by atoms with Gasteiger partial charge in [0.25, 0.3) is 5.91 Å². The van der Waals surface area contributed by atoms with Crippen LogP contribution in [0.25, 0.3) is 10.9 Å². The molecule has 0 spiro atoms. The Balaban J connectivity index is 1.74. The topological polar surface area (TPSA) is 45.2 Å². The van der Waals surface area contributed by atoms with Gasteiger partial charge in [-0.15, -0.1) is 0 Å². The number of carbonyl (C=O) groups excluding carboxylic acids is 1. The van der Waals surface area contributed by atoms with Gasteiger partial charge in [-0.05, 0) is 44.6 Å². The van der Waals surface area contributed by atoms with Gasteiger partial charge in [0.05, 0.1) is 17.1 Å². The van der Waals surface area contributed by atoms with E-state index in [2.05, 4.69) is 53.6 Å². The zero-order chi connectivity index (χ0) is 19.6. The normalized spacial score (nSPS) is 17.0. The summed E-state index contributed by atoms with van der Waals surface area (Å²) in [6.07, 6.45) is 6.26. The SMILES string of the molecule is CN(C)C1(C(NC(=O)c2ccnc3ccccc23)c2ccccc2)CCCC1.